The van der Waals surface area contributed by atoms with Gasteiger partial charge < -0.3 is 10.6 Å². The van der Waals surface area contributed by atoms with E-state index >= 15 is 0 Å². The molecule has 0 unspecified atom stereocenters. The van der Waals surface area contributed by atoms with Crippen LogP contribution in [0.15, 0.2) is 58.4 Å². The second kappa shape index (κ2) is 7.75. The summed E-state index contributed by atoms with van der Waals surface area (Å²) in [5.74, 6) is 0.297. The maximum atomic E-state index is 12.0. The van der Waals surface area contributed by atoms with Crippen LogP contribution in [-0.2, 0) is 10.0 Å². The molecule has 2 aromatic rings. The van der Waals surface area contributed by atoms with Gasteiger partial charge in [0.05, 0.1) is 4.90 Å². The molecule has 0 fully saturated rings. The van der Waals surface area contributed by atoms with Gasteiger partial charge in [0.2, 0.25) is 10.0 Å². The van der Waals surface area contributed by atoms with Crippen molar-refractivity contribution in [3.8, 4) is 0 Å². The highest BCUT2D eigenvalue weighted by atomic mass is 32.2. The molecule has 9 nitrogen and oxygen atoms in total. The molecule has 6 N–H and O–H groups in total. The summed E-state index contributed by atoms with van der Waals surface area (Å²) >= 11 is 0. The van der Waals surface area contributed by atoms with E-state index < -0.39 is 16.1 Å². The number of amides is 2. The van der Waals surface area contributed by atoms with E-state index in [9.17, 15) is 13.2 Å². The topological polar surface area (TPSA) is 146 Å². The number of urea groups is 1. The Hall–Kier alpha value is -2.95. The monoisotopic (exact) mass is 363 g/mol. The number of sulfonamides is 1. The number of hydrogen-bond acceptors (Lipinski definition) is 5. The van der Waals surface area contributed by atoms with Gasteiger partial charge in [0, 0.05) is 24.0 Å². The molecule has 10 heteroatoms. The third kappa shape index (κ3) is 5.01. The van der Waals surface area contributed by atoms with Gasteiger partial charge in [-0.1, -0.05) is 0 Å². The Labute approximate surface area is 144 Å². The first-order chi connectivity index (χ1) is 11.8. The van der Waals surface area contributed by atoms with Gasteiger partial charge in [-0.3, -0.25) is 15.7 Å². The van der Waals surface area contributed by atoms with Crippen molar-refractivity contribution < 1.29 is 18.4 Å². The van der Waals surface area contributed by atoms with Crippen molar-refractivity contribution >= 4 is 33.3 Å². The SMILES string of the molecule is CN=C(NO)c1ccc(NC(=O)Nc2ccc(S(N)(=O)=O)cc2)cc1. The van der Waals surface area contributed by atoms with Gasteiger partial charge in [-0.15, -0.1) is 0 Å². The van der Waals surface area contributed by atoms with E-state index in [4.69, 9.17) is 10.3 Å². The molecular formula is C15H17N5O4S. The quantitative estimate of drug-likeness (QED) is 0.316. The molecule has 0 saturated carbocycles. The highest BCUT2D eigenvalue weighted by molar-refractivity contribution is 7.89. The third-order valence-electron chi connectivity index (χ3n) is 3.19. The Bertz CT molecular complexity index is 877. The van der Waals surface area contributed by atoms with Gasteiger partial charge in [0.15, 0.2) is 5.84 Å². The van der Waals surface area contributed by atoms with Gasteiger partial charge in [0.25, 0.3) is 0 Å². The molecule has 0 spiro atoms. The Morgan fingerprint density at radius 3 is 1.88 bits per heavy atom. The van der Waals surface area contributed by atoms with E-state index in [1.165, 1.54) is 31.3 Å². The number of amidine groups is 1. The fraction of sp³-hybridized carbons (Fsp3) is 0.0667. The van der Waals surface area contributed by atoms with Gasteiger partial charge in [0.1, 0.15) is 0 Å². The van der Waals surface area contributed by atoms with Crippen LogP contribution in [0.3, 0.4) is 0 Å². The normalized spacial score (nSPS) is 11.7. The van der Waals surface area contributed by atoms with Crippen LogP contribution < -0.4 is 21.3 Å². The molecular weight excluding hydrogens is 346 g/mol. The molecule has 0 aliphatic heterocycles. The van der Waals surface area contributed by atoms with Crippen LogP contribution in [0.4, 0.5) is 16.2 Å². The number of aliphatic imine (C=N–C) groups is 1. The number of benzene rings is 2. The molecule has 2 amide bonds. The van der Waals surface area contributed by atoms with Gasteiger partial charge >= 0.3 is 6.03 Å². The van der Waals surface area contributed by atoms with Crippen LogP contribution in [0.25, 0.3) is 0 Å². The summed E-state index contributed by atoms with van der Waals surface area (Å²) in [5.41, 5.74) is 3.55. The minimum absolute atomic E-state index is 0.0417. The number of carbonyl (C=O) groups is 1. The summed E-state index contributed by atoms with van der Waals surface area (Å²) in [6.45, 7) is 0. The van der Waals surface area contributed by atoms with E-state index in [0.29, 0.717) is 22.8 Å². The summed E-state index contributed by atoms with van der Waals surface area (Å²) in [6.07, 6.45) is 0. The molecule has 0 radical (unpaired) electrons. The molecule has 0 aliphatic rings. The highest BCUT2D eigenvalue weighted by Crippen LogP contribution is 2.14. The lowest BCUT2D eigenvalue weighted by Crippen LogP contribution is -2.21. The van der Waals surface area contributed by atoms with E-state index in [1.807, 2.05) is 5.48 Å². The second-order valence-electron chi connectivity index (χ2n) is 4.91. The predicted octanol–water partition coefficient (Wildman–Crippen LogP) is 1.33. The van der Waals surface area contributed by atoms with Crippen LogP contribution >= 0.6 is 0 Å². The van der Waals surface area contributed by atoms with Crippen molar-refractivity contribution in [1.29, 1.82) is 0 Å². The zero-order chi connectivity index (χ0) is 18.4. The van der Waals surface area contributed by atoms with E-state index in [2.05, 4.69) is 15.6 Å². The van der Waals surface area contributed by atoms with E-state index in [0.717, 1.165) is 0 Å². The van der Waals surface area contributed by atoms with Crippen LogP contribution in [-0.4, -0.2) is 32.5 Å². The molecule has 0 saturated heterocycles. The fourth-order valence-corrected chi connectivity index (χ4v) is 2.49. The molecule has 0 aliphatic carbocycles. The second-order valence-corrected chi connectivity index (χ2v) is 6.47. The van der Waals surface area contributed by atoms with Gasteiger partial charge in [-0.25, -0.2) is 18.4 Å². The van der Waals surface area contributed by atoms with Crippen LogP contribution in [0.5, 0.6) is 0 Å². The Balaban J connectivity index is 2.00. The number of primary sulfonamides is 1. The van der Waals surface area contributed by atoms with Crippen LogP contribution in [0.2, 0.25) is 0 Å². The van der Waals surface area contributed by atoms with Crippen molar-refractivity contribution in [3.05, 3.63) is 54.1 Å². The minimum Gasteiger partial charge on any atom is -0.308 e. The first-order valence-electron chi connectivity index (χ1n) is 7.01. The van der Waals surface area contributed by atoms with E-state index in [1.54, 1.807) is 24.3 Å². The number of nitrogens with two attached hydrogens (primary N) is 1. The van der Waals surface area contributed by atoms with Crippen molar-refractivity contribution in [2.45, 2.75) is 4.90 Å². The smallest absolute Gasteiger partial charge is 0.308 e. The first kappa shape index (κ1) is 18.4. The van der Waals surface area contributed by atoms with Crippen molar-refractivity contribution in [2.75, 3.05) is 17.7 Å². The number of nitrogens with zero attached hydrogens (tertiary/aromatic N) is 1. The summed E-state index contributed by atoms with van der Waals surface area (Å²) in [5, 5.41) is 19.1. The lowest BCUT2D eigenvalue weighted by Gasteiger charge is -2.09. The van der Waals surface area contributed by atoms with Crippen molar-refractivity contribution in [3.63, 3.8) is 0 Å². The fourth-order valence-electron chi connectivity index (χ4n) is 1.98. The summed E-state index contributed by atoms with van der Waals surface area (Å²) in [7, 11) is -2.25. The predicted molar refractivity (Wildman–Crippen MR) is 94.3 cm³/mol. The van der Waals surface area contributed by atoms with Crippen molar-refractivity contribution in [1.82, 2.24) is 5.48 Å². The Morgan fingerprint density at radius 1 is 1.00 bits per heavy atom. The molecule has 2 rings (SSSR count). The summed E-state index contributed by atoms with van der Waals surface area (Å²) in [4.78, 5) is 15.8. The average molecular weight is 363 g/mol. The lowest BCUT2D eigenvalue weighted by molar-refractivity contribution is 0.235. The highest BCUT2D eigenvalue weighted by Gasteiger charge is 2.08. The number of hydrogen-bond donors (Lipinski definition) is 5. The molecule has 132 valence electrons. The van der Waals surface area contributed by atoms with Crippen LogP contribution in [0, 0.1) is 0 Å². The maximum absolute atomic E-state index is 12.0. The average Bonchev–Trinajstić information content (AvgIpc) is 2.57. The minimum atomic E-state index is -3.77. The summed E-state index contributed by atoms with van der Waals surface area (Å²) in [6, 6.07) is 11.6. The molecule has 25 heavy (non-hydrogen) atoms. The molecule has 2 aromatic carbocycles. The first-order valence-corrected chi connectivity index (χ1v) is 8.56. The maximum Gasteiger partial charge on any atom is 0.323 e. The molecule has 0 heterocycles. The lowest BCUT2D eigenvalue weighted by atomic mass is 10.2. The summed E-state index contributed by atoms with van der Waals surface area (Å²) < 4.78 is 22.4. The largest absolute Gasteiger partial charge is 0.323 e. The third-order valence-corrected chi connectivity index (χ3v) is 4.12. The zero-order valence-electron chi connectivity index (χ0n) is 13.2. The zero-order valence-corrected chi connectivity index (χ0v) is 14.0. The molecule has 0 bridgehead atoms. The standard InChI is InChI=1S/C15H17N5O4S/c1-17-14(20-22)10-2-4-11(5-3-10)18-15(21)19-12-6-8-13(9-7-12)25(16,23)24/h2-9,22H,1H3,(H,17,20)(H2,16,23,24)(H2,18,19,21). The number of rotatable bonds is 4. The molecule has 0 aromatic heterocycles. The van der Waals surface area contributed by atoms with Crippen molar-refractivity contribution in [2.24, 2.45) is 10.1 Å². The number of anilines is 2. The van der Waals surface area contributed by atoms with Gasteiger partial charge in [-0.05, 0) is 48.5 Å². The van der Waals surface area contributed by atoms with E-state index in [-0.39, 0.29) is 4.90 Å². The number of carbonyl (C=O) groups excluding carboxylic acids is 1. The van der Waals surface area contributed by atoms with Gasteiger partial charge in [-0.2, -0.15) is 0 Å². The molecule has 0 atom stereocenters. The van der Waals surface area contributed by atoms with Crippen LogP contribution in [0.1, 0.15) is 5.56 Å². The Kier molecular flexibility index (Phi) is 5.70. The number of nitrogens with one attached hydrogen (secondary N) is 3. The Morgan fingerprint density at radius 2 is 1.48 bits per heavy atom. The number of hydroxylamine groups is 1.